The fourth-order valence-electron chi connectivity index (χ4n) is 1.57. The molecule has 0 saturated heterocycles. The first kappa shape index (κ1) is 14.2. The van der Waals surface area contributed by atoms with Crippen molar-refractivity contribution in [1.29, 1.82) is 0 Å². The Morgan fingerprint density at radius 2 is 1.78 bits per heavy atom. The zero-order valence-electron chi connectivity index (χ0n) is 10.9. The zero-order valence-corrected chi connectivity index (χ0v) is 10.9. The second kappa shape index (κ2) is 5.64. The molecule has 4 N–H and O–H groups in total. The number of nitrogens with one attached hydrogen (secondary N) is 2. The topological polar surface area (TPSA) is 84.2 Å². The predicted octanol–water partition coefficient (Wildman–Crippen LogP) is 0.327. The minimum absolute atomic E-state index is 0.267. The molecule has 0 spiro atoms. The number of carbonyl (C=O) groups excluding carboxylic acids is 2. The third kappa shape index (κ3) is 3.30. The SMILES string of the molecule is CNC(=O)C(C)(C)NC(=O)C(N)c1ccccc1. The lowest BCUT2D eigenvalue weighted by Crippen LogP contribution is -2.55. The Kier molecular flexibility index (Phi) is 4.44. The van der Waals surface area contributed by atoms with Crippen LogP contribution in [0.5, 0.6) is 0 Å². The van der Waals surface area contributed by atoms with Crippen LogP contribution in [0, 0.1) is 0 Å². The van der Waals surface area contributed by atoms with E-state index in [1.807, 2.05) is 18.2 Å². The van der Waals surface area contributed by atoms with E-state index < -0.39 is 11.6 Å². The Morgan fingerprint density at radius 1 is 1.22 bits per heavy atom. The summed E-state index contributed by atoms with van der Waals surface area (Å²) in [6, 6.07) is 8.24. The van der Waals surface area contributed by atoms with Crippen molar-refractivity contribution < 1.29 is 9.59 Å². The number of benzene rings is 1. The number of rotatable bonds is 4. The molecule has 0 aliphatic rings. The van der Waals surface area contributed by atoms with Crippen LogP contribution in [0.2, 0.25) is 0 Å². The van der Waals surface area contributed by atoms with E-state index in [1.54, 1.807) is 26.0 Å². The number of hydrogen-bond acceptors (Lipinski definition) is 3. The van der Waals surface area contributed by atoms with Crippen LogP contribution in [-0.4, -0.2) is 24.4 Å². The number of nitrogens with two attached hydrogens (primary N) is 1. The summed E-state index contributed by atoms with van der Waals surface area (Å²) in [5.74, 6) is -0.647. The molecule has 0 aliphatic carbocycles. The molecule has 5 heteroatoms. The molecule has 1 aromatic rings. The maximum Gasteiger partial charge on any atom is 0.244 e. The van der Waals surface area contributed by atoms with E-state index in [2.05, 4.69) is 10.6 Å². The van der Waals surface area contributed by atoms with Gasteiger partial charge in [0.05, 0.1) is 0 Å². The van der Waals surface area contributed by atoms with Crippen LogP contribution < -0.4 is 16.4 Å². The van der Waals surface area contributed by atoms with Crippen LogP contribution in [0.1, 0.15) is 25.5 Å². The van der Waals surface area contributed by atoms with Crippen molar-refractivity contribution >= 4 is 11.8 Å². The molecular weight excluding hydrogens is 230 g/mol. The van der Waals surface area contributed by atoms with Crippen LogP contribution in [0.3, 0.4) is 0 Å². The van der Waals surface area contributed by atoms with Crippen molar-refractivity contribution in [1.82, 2.24) is 10.6 Å². The largest absolute Gasteiger partial charge is 0.357 e. The molecule has 0 radical (unpaired) electrons. The maximum absolute atomic E-state index is 12.0. The Balaban J connectivity index is 2.75. The lowest BCUT2D eigenvalue weighted by molar-refractivity contribution is -0.132. The fourth-order valence-corrected chi connectivity index (χ4v) is 1.57. The predicted molar refractivity (Wildman–Crippen MR) is 69.7 cm³/mol. The van der Waals surface area contributed by atoms with E-state index >= 15 is 0 Å². The number of likely N-dealkylation sites (N-methyl/N-ethyl adjacent to an activating group) is 1. The van der Waals surface area contributed by atoms with E-state index in [4.69, 9.17) is 5.73 Å². The first-order valence-electron chi connectivity index (χ1n) is 5.73. The van der Waals surface area contributed by atoms with Crippen LogP contribution in [0.4, 0.5) is 0 Å². The van der Waals surface area contributed by atoms with Crippen LogP contribution in [-0.2, 0) is 9.59 Å². The van der Waals surface area contributed by atoms with Gasteiger partial charge in [0.25, 0.3) is 0 Å². The van der Waals surface area contributed by atoms with Gasteiger partial charge in [-0.25, -0.2) is 0 Å². The normalized spacial score (nSPS) is 12.7. The molecule has 5 nitrogen and oxygen atoms in total. The summed E-state index contributed by atoms with van der Waals surface area (Å²) in [5, 5.41) is 5.12. The third-order valence-electron chi connectivity index (χ3n) is 2.67. The minimum atomic E-state index is -0.988. The summed E-state index contributed by atoms with van der Waals surface area (Å²) in [5.41, 5.74) is 5.57. The molecule has 1 unspecified atom stereocenters. The Labute approximate surface area is 107 Å². The quantitative estimate of drug-likeness (QED) is 0.719. The molecule has 0 aromatic heterocycles. The molecule has 2 amide bonds. The van der Waals surface area contributed by atoms with Gasteiger partial charge < -0.3 is 16.4 Å². The average Bonchev–Trinajstić information content (AvgIpc) is 2.37. The molecule has 18 heavy (non-hydrogen) atoms. The van der Waals surface area contributed by atoms with Gasteiger partial charge in [-0.05, 0) is 19.4 Å². The molecule has 1 aromatic carbocycles. The highest BCUT2D eigenvalue weighted by atomic mass is 16.2. The highest BCUT2D eigenvalue weighted by Gasteiger charge is 2.30. The van der Waals surface area contributed by atoms with E-state index in [1.165, 1.54) is 7.05 Å². The molecule has 0 fully saturated rings. The summed E-state index contributed by atoms with van der Waals surface area (Å²) in [4.78, 5) is 23.5. The zero-order chi connectivity index (χ0) is 13.8. The molecule has 0 saturated carbocycles. The number of carbonyl (C=O) groups is 2. The standard InChI is InChI=1S/C13H19N3O2/c1-13(2,12(18)15-3)16-11(17)10(14)9-7-5-4-6-8-9/h4-8,10H,14H2,1-3H3,(H,15,18)(H,16,17). The first-order chi connectivity index (χ1) is 8.38. The molecule has 1 atom stereocenters. The van der Waals surface area contributed by atoms with Gasteiger partial charge in [0.2, 0.25) is 11.8 Å². The van der Waals surface area contributed by atoms with E-state index in [0.717, 1.165) is 0 Å². The van der Waals surface area contributed by atoms with Gasteiger partial charge in [-0.15, -0.1) is 0 Å². The third-order valence-corrected chi connectivity index (χ3v) is 2.67. The van der Waals surface area contributed by atoms with Gasteiger partial charge in [-0.3, -0.25) is 9.59 Å². The fraction of sp³-hybridized carbons (Fsp3) is 0.385. The van der Waals surface area contributed by atoms with Crippen molar-refractivity contribution in [2.45, 2.75) is 25.4 Å². The number of hydrogen-bond donors (Lipinski definition) is 3. The maximum atomic E-state index is 12.0. The first-order valence-corrected chi connectivity index (χ1v) is 5.73. The highest BCUT2D eigenvalue weighted by molar-refractivity contribution is 5.92. The Bertz CT molecular complexity index is 429. The van der Waals surface area contributed by atoms with Crippen LogP contribution in [0.25, 0.3) is 0 Å². The van der Waals surface area contributed by atoms with Gasteiger partial charge in [0.1, 0.15) is 11.6 Å². The summed E-state index contributed by atoms with van der Waals surface area (Å²) in [6.45, 7) is 3.25. The van der Waals surface area contributed by atoms with Crippen LogP contribution >= 0.6 is 0 Å². The van der Waals surface area contributed by atoms with E-state index in [-0.39, 0.29) is 11.8 Å². The van der Waals surface area contributed by atoms with Gasteiger partial charge in [0, 0.05) is 7.05 Å². The van der Waals surface area contributed by atoms with Crippen molar-refractivity contribution in [3.63, 3.8) is 0 Å². The van der Waals surface area contributed by atoms with Crippen molar-refractivity contribution in [3.8, 4) is 0 Å². The summed E-state index contributed by atoms with van der Waals surface area (Å²) >= 11 is 0. The molecule has 0 aliphatic heterocycles. The summed E-state index contributed by atoms with van der Waals surface area (Å²) in [7, 11) is 1.52. The van der Waals surface area contributed by atoms with Gasteiger partial charge in [0.15, 0.2) is 0 Å². The monoisotopic (exact) mass is 249 g/mol. The molecule has 0 heterocycles. The van der Waals surface area contributed by atoms with Gasteiger partial charge in [-0.1, -0.05) is 30.3 Å². The summed E-state index contributed by atoms with van der Waals surface area (Å²) in [6.07, 6.45) is 0. The van der Waals surface area contributed by atoms with Gasteiger partial charge >= 0.3 is 0 Å². The molecular formula is C13H19N3O2. The molecule has 1 rings (SSSR count). The van der Waals surface area contributed by atoms with Crippen LogP contribution in [0.15, 0.2) is 30.3 Å². The van der Waals surface area contributed by atoms with E-state index in [0.29, 0.717) is 5.56 Å². The summed E-state index contributed by atoms with van der Waals surface area (Å²) < 4.78 is 0. The number of amides is 2. The molecule has 98 valence electrons. The van der Waals surface area contributed by atoms with Gasteiger partial charge in [-0.2, -0.15) is 0 Å². The Hall–Kier alpha value is -1.88. The smallest absolute Gasteiger partial charge is 0.244 e. The van der Waals surface area contributed by atoms with E-state index in [9.17, 15) is 9.59 Å². The minimum Gasteiger partial charge on any atom is -0.357 e. The second-order valence-electron chi connectivity index (χ2n) is 4.58. The van der Waals surface area contributed by atoms with Crippen molar-refractivity contribution in [2.24, 2.45) is 5.73 Å². The highest BCUT2D eigenvalue weighted by Crippen LogP contribution is 2.11. The van der Waals surface area contributed by atoms with Crippen molar-refractivity contribution in [3.05, 3.63) is 35.9 Å². The average molecular weight is 249 g/mol. The lowest BCUT2D eigenvalue weighted by atomic mass is 10.0. The Morgan fingerprint density at radius 3 is 2.28 bits per heavy atom. The second-order valence-corrected chi connectivity index (χ2v) is 4.58. The lowest BCUT2D eigenvalue weighted by Gasteiger charge is -2.26. The van der Waals surface area contributed by atoms with Crippen molar-refractivity contribution in [2.75, 3.05) is 7.05 Å². The molecule has 0 bridgehead atoms.